The average Bonchev–Trinajstić information content (AvgIpc) is 2.81. The molecule has 0 spiro atoms. The lowest BCUT2D eigenvalue weighted by Crippen LogP contribution is -2.48. The highest BCUT2D eigenvalue weighted by Crippen LogP contribution is 2.21. The van der Waals surface area contributed by atoms with E-state index < -0.39 is 0 Å². The Morgan fingerprint density at radius 3 is 2.60 bits per heavy atom. The molecule has 1 saturated heterocycles. The van der Waals surface area contributed by atoms with Gasteiger partial charge < -0.3 is 15.2 Å². The first-order valence-electron chi connectivity index (χ1n) is 7.39. The van der Waals surface area contributed by atoms with Gasteiger partial charge in [0.15, 0.2) is 0 Å². The highest BCUT2D eigenvalue weighted by molar-refractivity contribution is 5.81. The molecule has 2 N–H and O–H groups in total. The van der Waals surface area contributed by atoms with Crippen molar-refractivity contribution in [3.05, 3.63) is 17.7 Å². The van der Waals surface area contributed by atoms with Gasteiger partial charge in [-0.05, 0) is 19.8 Å². The molecule has 2 rings (SSSR count). The normalized spacial score (nSPS) is 17.5. The molecule has 0 radical (unpaired) electrons. The number of nitrogens with zero attached hydrogens (tertiary/aromatic N) is 2. The number of nitrogens with one attached hydrogen (secondary N) is 2. The van der Waals surface area contributed by atoms with Crippen LogP contribution in [-0.2, 0) is 11.3 Å². The van der Waals surface area contributed by atoms with Crippen molar-refractivity contribution in [3.63, 3.8) is 0 Å². The quantitative estimate of drug-likeness (QED) is 0.887. The highest BCUT2D eigenvalue weighted by atomic mass is 16.2. The van der Waals surface area contributed by atoms with Crippen molar-refractivity contribution in [1.82, 2.24) is 20.2 Å². The van der Waals surface area contributed by atoms with Crippen LogP contribution < -0.4 is 5.32 Å². The van der Waals surface area contributed by atoms with E-state index in [2.05, 4.69) is 15.3 Å². The number of likely N-dealkylation sites (tertiary alicyclic amines) is 1. The standard InChI is InChI=1S/C15H26N4O/c1-11-13(18-10-17-11)9-16-12-5-7-19(8-6-12)14(20)15(2,3)4/h10,12,16H,5-9H2,1-4H3,(H,17,18). The summed E-state index contributed by atoms with van der Waals surface area (Å²) in [6.07, 6.45) is 3.77. The van der Waals surface area contributed by atoms with Gasteiger partial charge >= 0.3 is 0 Å². The molecule has 0 bridgehead atoms. The Labute approximate surface area is 121 Å². The molecule has 1 aliphatic heterocycles. The van der Waals surface area contributed by atoms with Crippen LogP contribution in [0.25, 0.3) is 0 Å². The van der Waals surface area contributed by atoms with Gasteiger partial charge in [-0.3, -0.25) is 4.79 Å². The number of amides is 1. The minimum absolute atomic E-state index is 0.263. The number of imidazole rings is 1. The second-order valence-corrected chi connectivity index (χ2v) is 6.67. The summed E-state index contributed by atoms with van der Waals surface area (Å²) in [6.45, 7) is 10.5. The second-order valence-electron chi connectivity index (χ2n) is 6.67. The molecule has 5 nitrogen and oxygen atoms in total. The van der Waals surface area contributed by atoms with Crippen LogP contribution in [-0.4, -0.2) is 39.9 Å². The molecule has 1 aromatic heterocycles. The summed E-state index contributed by atoms with van der Waals surface area (Å²) >= 11 is 0. The number of piperidine rings is 1. The van der Waals surface area contributed by atoms with Crippen molar-refractivity contribution in [3.8, 4) is 0 Å². The van der Waals surface area contributed by atoms with Crippen molar-refractivity contribution in [1.29, 1.82) is 0 Å². The molecule has 20 heavy (non-hydrogen) atoms. The van der Waals surface area contributed by atoms with Crippen molar-refractivity contribution in [2.75, 3.05) is 13.1 Å². The number of aryl methyl sites for hydroxylation is 1. The number of carbonyl (C=O) groups excluding carboxylic acids is 1. The maximum atomic E-state index is 12.2. The van der Waals surface area contributed by atoms with Crippen LogP contribution in [0, 0.1) is 12.3 Å². The van der Waals surface area contributed by atoms with Gasteiger partial charge in [-0.2, -0.15) is 0 Å². The summed E-state index contributed by atoms with van der Waals surface area (Å²) in [7, 11) is 0. The maximum absolute atomic E-state index is 12.2. The van der Waals surface area contributed by atoms with Crippen LogP contribution in [0.1, 0.15) is 45.0 Å². The van der Waals surface area contributed by atoms with E-state index in [1.54, 1.807) is 6.33 Å². The molecular formula is C15H26N4O. The maximum Gasteiger partial charge on any atom is 0.227 e. The molecule has 0 atom stereocenters. The van der Waals surface area contributed by atoms with E-state index in [9.17, 15) is 4.79 Å². The van der Waals surface area contributed by atoms with Crippen LogP contribution in [0.4, 0.5) is 0 Å². The summed E-state index contributed by atoms with van der Waals surface area (Å²) in [5.74, 6) is 0.263. The molecule has 1 aliphatic rings. The lowest BCUT2D eigenvalue weighted by molar-refractivity contribution is -0.140. The minimum atomic E-state index is -0.271. The number of H-pyrrole nitrogens is 1. The predicted molar refractivity (Wildman–Crippen MR) is 79.2 cm³/mol. The third-order valence-corrected chi connectivity index (χ3v) is 3.92. The zero-order valence-corrected chi connectivity index (χ0v) is 13.0. The first kappa shape index (κ1) is 15.0. The van der Waals surface area contributed by atoms with E-state index in [4.69, 9.17) is 0 Å². The molecule has 112 valence electrons. The van der Waals surface area contributed by atoms with E-state index in [0.717, 1.165) is 43.9 Å². The monoisotopic (exact) mass is 278 g/mol. The van der Waals surface area contributed by atoms with Crippen molar-refractivity contribution < 1.29 is 4.79 Å². The van der Waals surface area contributed by atoms with E-state index in [1.807, 2.05) is 32.6 Å². The number of hydrogen-bond acceptors (Lipinski definition) is 3. The first-order chi connectivity index (χ1) is 9.38. The van der Waals surface area contributed by atoms with E-state index in [-0.39, 0.29) is 11.3 Å². The predicted octanol–water partition coefficient (Wildman–Crippen LogP) is 1.84. The molecule has 0 unspecified atom stereocenters. The summed E-state index contributed by atoms with van der Waals surface area (Å²) in [4.78, 5) is 21.6. The van der Waals surface area contributed by atoms with Gasteiger partial charge in [-0.15, -0.1) is 0 Å². The fraction of sp³-hybridized carbons (Fsp3) is 0.733. The Morgan fingerprint density at radius 2 is 2.10 bits per heavy atom. The number of carbonyl (C=O) groups is 1. The third-order valence-electron chi connectivity index (χ3n) is 3.92. The number of rotatable bonds is 3. The topological polar surface area (TPSA) is 61.0 Å². The van der Waals surface area contributed by atoms with Gasteiger partial charge in [-0.1, -0.05) is 20.8 Å². The fourth-order valence-electron chi connectivity index (χ4n) is 2.57. The van der Waals surface area contributed by atoms with Gasteiger partial charge in [-0.25, -0.2) is 4.98 Å². The zero-order valence-electron chi connectivity index (χ0n) is 13.0. The summed E-state index contributed by atoms with van der Waals surface area (Å²) < 4.78 is 0. The Morgan fingerprint density at radius 1 is 1.45 bits per heavy atom. The van der Waals surface area contributed by atoms with Crippen LogP contribution in [0.3, 0.4) is 0 Å². The molecule has 0 aliphatic carbocycles. The van der Waals surface area contributed by atoms with E-state index in [0.29, 0.717) is 6.04 Å². The molecular weight excluding hydrogens is 252 g/mol. The molecule has 1 fully saturated rings. The van der Waals surface area contributed by atoms with Gasteiger partial charge in [0, 0.05) is 36.8 Å². The zero-order chi connectivity index (χ0) is 14.8. The average molecular weight is 278 g/mol. The molecule has 0 saturated carbocycles. The van der Waals surface area contributed by atoms with Crippen LogP contribution in [0.15, 0.2) is 6.33 Å². The van der Waals surface area contributed by atoms with Crippen LogP contribution in [0.2, 0.25) is 0 Å². The van der Waals surface area contributed by atoms with Gasteiger partial charge in [0.25, 0.3) is 0 Å². The summed E-state index contributed by atoms with van der Waals surface area (Å²) in [5.41, 5.74) is 1.93. The van der Waals surface area contributed by atoms with E-state index in [1.165, 1.54) is 0 Å². The molecule has 1 amide bonds. The lowest BCUT2D eigenvalue weighted by Gasteiger charge is -2.36. The summed E-state index contributed by atoms with van der Waals surface area (Å²) in [6, 6.07) is 0.482. The highest BCUT2D eigenvalue weighted by Gasteiger charge is 2.30. The minimum Gasteiger partial charge on any atom is -0.348 e. The first-order valence-corrected chi connectivity index (χ1v) is 7.39. The van der Waals surface area contributed by atoms with Crippen molar-refractivity contribution in [2.24, 2.45) is 5.41 Å². The fourth-order valence-corrected chi connectivity index (χ4v) is 2.57. The second kappa shape index (κ2) is 5.95. The lowest BCUT2D eigenvalue weighted by atomic mass is 9.93. The van der Waals surface area contributed by atoms with Gasteiger partial charge in [0.2, 0.25) is 5.91 Å². The Balaban J connectivity index is 1.77. The number of aromatic amines is 1. The molecule has 0 aromatic carbocycles. The van der Waals surface area contributed by atoms with E-state index >= 15 is 0 Å². The van der Waals surface area contributed by atoms with Crippen molar-refractivity contribution in [2.45, 2.75) is 53.1 Å². The number of hydrogen-bond donors (Lipinski definition) is 2. The number of aromatic nitrogens is 2. The smallest absolute Gasteiger partial charge is 0.227 e. The Kier molecular flexibility index (Phi) is 4.48. The Hall–Kier alpha value is -1.36. The largest absolute Gasteiger partial charge is 0.348 e. The van der Waals surface area contributed by atoms with Crippen LogP contribution >= 0.6 is 0 Å². The van der Waals surface area contributed by atoms with Gasteiger partial charge in [0.05, 0.1) is 12.0 Å². The summed E-state index contributed by atoms with van der Waals surface area (Å²) in [5, 5.41) is 3.54. The third kappa shape index (κ3) is 3.60. The SMILES string of the molecule is Cc1[nH]cnc1CNC1CCN(C(=O)C(C)(C)C)CC1. The molecule has 2 heterocycles. The molecule has 5 heteroatoms. The Bertz CT molecular complexity index is 453. The van der Waals surface area contributed by atoms with Crippen LogP contribution in [0.5, 0.6) is 0 Å². The van der Waals surface area contributed by atoms with Gasteiger partial charge in [0.1, 0.15) is 0 Å². The molecule has 1 aromatic rings. The van der Waals surface area contributed by atoms with Crippen molar-refractivity contribution >= 4 is 5.91 Å².